The van der Waals surface area contributed by atoms with E-state index in [4.69, 9.17) is 14.2 Å². The molecule has 34 heavy (non-hydrogen) atoms. The second-order valence-corrected chi connectivity index (χ2v) is 7.94. The lowest BCUT2D eigenvalue weighted by molar-refractivity contribution is -0.120. The van der Waals surface area contributed by atoms with Crippen molar-refractivity contribution in [3.8, 4) is 17.2 Å². The lowest BCUT2D eigenvalue weighted by atomic mass is 10.0. The predicted molar refractivity (Wildman–Crippen MR) is 129 cm³/mol. The van der Waals surface area contributed by atoms with Crippen LogP contribution in [0.15, 0.2) is 72.4 Å². The van der Waals surface area contributed by atoms with Crippen LogP contribution in [0, 0.1) is 0 Å². The number of carbonyl (C=O) groups is 2. The number of ether oxygens (including phenoxy) is 3. The summed E-state index contributed by atoms with van der Waals surface area (Å²) in [5, 5.41) is 0. The first-order chi connectivity index (χ1) is 16.6. The van der Waals surface area contributed by atoms with Crippen LogP contribution < -0.4 is 24.0 Å². The number of benzene rings is 3. The molecule has 3 aromatic carbocycles. The van der Waals surface area contributed by atoms with E-state index in [1.165, 1.54) is 19.1 Å². The van der Waals surface area contributed by atoms with Gasteiger partial charge in [0.1, 0.15) is 11.4 Å². The van der Waals surface area contributed by atoms with Gasteiger partial charge in [0.2, 0.25) is 0 Å². The van der Waals surface area contributed by atoms with Gasteiger partial charge < -0.3 is 19.1 Å². The lowest BCUT2D eigenvalue weighted by Gasteiger charge is -2.22. The van der Waals surface area contributed by atoms with Gasteiger partial charge in [-0.15, -0.1) is 0 Å². The van der Waals surface area contributed by atoms with E-state index in [9.17, 15) is 9.59 Å². The molecule has 2 aliphatic heterocycles. The molecule has 0 spiro atoms. The highest BCUT2D eigenvalue weighted by Gasteiger charge is 2.45. The van der Waals surface area contributed by atoms with Gasteiger partial charge in [-0.25, -0.2) is 4.90 Å². The van der Waals surface area contributed by atoms with Crippen LogP contribution in [0.2, 0.25) is 0 Å². The zero-order valence-corrected chi connectivity index (χ0v) is 19.2. The molecule has 0 aromatic heterocycles. The first kappa shape index (κ1) is 21.6. The maximum atomic E-state index is 13.9. The fourth-order valence-electron chi connectivity index (χ4n) is 4.63. The van der Waals surface area contributed by atoms with Crippen LogP contribution in [0.3, 0.4) is 0 Å². The molecule has 172 valence electrons. The van der Waals surface area contributed by atoms with Crippen molar-refractivity contribution < 1.29 is 23.8 Å². The SMILES string of the molecule is COc1ccc(N2C(=O)C(c3ccccc3OC)=C(N3CCc4ccccc43)C2=O)cc1OC. The summed E-state index contributed by atoms with van der Waals surface area (Å²) in [6, 6.07) is 20.2. The third-order valence-electron chi connectivity index (χ3n) is 6.22. The molecule has 0 unspecified atom stereocenters. The fourth-order valence-corrected chi connectivity index (χ4v) is 4.63. The molecule has 0 saturated carbocycles. The molecule has 5 rings (SSSR count). The summed E-state index contributed by atoms with van der Waals surface area (Å²) in [6.45, 7) is 0.603. The molecule has 0 saturated heterocycles. The average Bonchev–Trinajstić information content (AvgIpc) is 3.41. The molecule has 7 nitrogen and oxygen atoms in total. The molecular formula is C27H24N2O5. The van der Waals surface area contributed by atoms with E-state index < -0.39 is 11.8 Å². The number of anilines is 2. The van der Waals surface area contributed by atoms with Gasteiger partial charge in [-0.05, 0) is 36.2 Å². The van der Waals surface area contributed by atoms with E-state index in [0.717, 1.165) is 17.7 Å². The van der Waals surface area contributed by atoms with Crippen molar-refractivity contribution in [2.75, 3.05) is 37.7 Å². The molecule has 0 fully saturated rings. The standard InChI is InChI=1S/C27H24N2O5/c1-32-21-11-7-5-9-19(21)24-25(28-15-14-17-8-4-6-10-20(17)28)27(31)29(26(24)30)18-12-13-22(33-2)23(16-18)34-3/h4-13,16H,14-15H2,1-3H3. The Morgan fingerprint density at radius 1 is 0.735 bits per heavy atom. The van der Waals surface area contributed by atoms with E-state index in [-0.39, 0.29) is 0 Å². The minimum atomic E-state index is -0.416. The number of imide groups is 1. The molecule has 2 heterocycles. The first-order valence-corrected chi connectivity index (χ1v) is 10.9. The first-order valence-electron chi connectivity index (χ1n) is 10.9. The van der Waals surface area contributed by atoms with E-state index in [1.54, 1.807) is 37.4 Å². The third kappa shape index (κ3) is 3.28. The van der Waals surface area contributed by atoms with Crippen molar-refractivity contribution >= 4 is 28.8 Å². The number of hydrogen-bond acceptors (Lipinski definition) is 6. The number of para-hydroxylation sites is 2. The molecule has 3 aromatic rings. The van der Waals surface area contributed by atoms with Gasteiger partial charge in [-0.1, -0.05) is 36.4 Å². The van der Waals surface area contributed by atoms with Crippen molar-refractivity contribution in [1.82, 2.24) is 0 Å². The Labute approximate surface area is 197 Å². The zero-order valence-electron chi connectivity index (χ0n) is 19.2. The lowest BCUT2D eigenvalue weighted by Crippen LogP contribution is -2.34. The smallest absolute Gasteiger partial charge is 0.282 e. The van der Waals surface area contributed by atoms with Crippen LogP contribution in [0.1, 0.15) is 11.1 Å². The fraction of sp³-hybridized carbons (Fsp3) is 0.185. The summed E-state index contributed by atoms with van der Waals surface area (Å²) in [6.07, 6.45) is 0.788. The van der Waals surface area contributed by atoms with Gasteiger partial charge in [0.05, 0.1) is 32.6 Å². The normalized spacial score (nSPS) is 15.1. The van der Waals surface area contributed by atoms with Gasteiger partial charge in [-0.2, -0.15) is 0 Å². The van der Waals surface area contributed by atoms with E-state index in [0.29, 0.717) is 46.3 Å². The molecule has 7 heteroatoms. The van der Waals surface area contributed by atoms with Crippen LogP contribution in [0.25, 0.3) is 5.57 Å². The van der Waals surface area contributed by atoms with Crippen LogP contribution in [0.4, 0.5) is 11.4 Å². The van der Waals surface area contributed by atoms with Crippen molar-refractivity contribution in [2.24, 2.45) is 0 Å². The summed E-state index contributed by atoms with van der Waals surface area (Å²) >= 11 is 0. The van der Waals surface area contributed by atoms with Crippen LogP contribution in [-0.2, 0) is 16.0 Å². The molecule has 2 amide bonds. The summed E-state index contributed by atoms with van der Waals surface area (Å²) in [7, 11) is 4.60. The molecule has 0 atom stereocenters. The predicted octanol–water partition coefficient (Wildman–Crippen LogP) is 4.06. The Bertz CT molecular complexity index is 1330. The Kier molecular flexibility index (Phi) is 5.45. The van der Waals surface area contributed by atoms with Gasteiger partial charge >= 0.3 is 0 Å². The monoisotopic (exact) mass is 456 g/mol. The number of amides is 2. The zero-order chi connectivity index (χ0) is 23.8. The highest BCUT2D eigenvalue weighted by molar-refractivity contribution is 6.46. The average molecular weight is 456 g/mol. The quantitative estimate of drug-likeness (QED) is 0.521. The number of hydrogen-bond donors (Lipinski definition) is 0. The number of methoxy groups -OCH3 is 3. The van der Waals surface area contributed by atoms with Gasteiger partial charge in [0, 0.05) is 23.9 Å². The van der Waals surface area contributed by atoms with Crippen LogP contribution >= 0.6 is 0 Å². The number of fused-ring (bicyclic) bond motifs is 1. The Hall–Kier alpha value is -4.26. The maximum absolute atomic E-state index is 13.9. The Balaban J connectivity index is 1.69. The third-order valence-corrected chi connectivity index (χ3v) is 6.22. The number of nitrogens with zero attached hydrogens (tertiary/aromatic N) is 2. The van der Waals surface area contributed by atoms with Gasteiger partial charge in [-0.3, -0.25) is 9.59 Å². The summed E-state index contributed by atoms with van der Waals surface area (Å²) in [4.78, 5) is 31.0. The number of rotatable bonds is 6. The van der Waals surface area contributed by atoms with Crippen molar-refractivity contribution in [3.05, 3.63) is 83.6 Å². The molecular weight excluding hydrogens is 432 g/mol. The minimum absolute atomic E-state index is 0.314. The second-order valence-electron chi connectivity index (χ2n) is 7.94. The second kappa shape index (κ2) is 8.59. The van der Waals surface area contributed by atoms with Crippen LogP contribution in [-0.4, -0.2) is 39.7 Å². The molecule has 2 aliphatic rings. The highest BCUT2D eigenvalue weighted by atomic mass is 16.5. The van der Waals surface area contributed by atoms with Gasteiger partial charge in [0.25, 0.3) is 11.8 Å². The molecule has 0 aliphatic carbocycles. The molecule has 0 bridgehead atoms. The Morgan fingerprint density at radius 3 is 2.21 bits per heavy atom. The topological polar surface area (TPSA) is 68.3 Å². The molecule has 0 N–H and O–H groups in total. The van der Waals surface area contributed by atoms with Crippen LogP contribution in [0.5, 0.6) is 17.2 Å². The largest absolute Gasteiger partial charge is 0.496 e. The highest BCUT2D eigenvalue weighted by Crippen LogP contribution is 2.43. The summed E-state index contributed by atoms with van der Waals surface area (Å²) in [5.41, 5.74) is 3.70. The van der Waals surface area contributed by atoms with E-state index >= 15 is 0 Å². The van der Waals surface area contributed by atoms with Crippen molar-refractivity contribution in [1.29, 1.82) is 0 Å². The maximum Gasteiger partial charge on any atom is 0.282 e. The van der Waals surface area contributed by atoms with Gasteiger partial charge in [0.15, 0.2) is 11.5 Å². The summed E-state index contributed by atoms with van der Waals surface area (Å²) in [5.74, 6) is 0.657. The van der Waals surface area contributed by atoms with E-state index in [1.807, 2.05) is 41.3 Å². The van der Waals surface area contributed by atoms with Crippen molar-refractivity contribution in [3.63, 3.8) is 0 Å². The minimum Gasteiger partial charge on any atom is -0.496 e. The molecule has 0 radical (unpaired) electrons. The Morgan fingerprint density at radius 2 is 1.44 bits per heavy atom. The summed E-state index contributed by atoms with van der Waals surface area (Å²) < 4.78 is 16.3. The van der Waals surface area contributed by atoms with E-state index in [2.05, 4.69) is 0 Å². The number of carbonyl (C=O) groups excluding carboxylic acids is 2. The van der Waals surface area contributed by atoms with Crippen molar-refractivity contribution in [2.45, 2.75) is 6.42 Å².